The summed E-state index contributed by atoms with van der Waals surface area (Å²) in [6.45, 7) is 4.15. The minimum Gasteiger partial charge on any atom is -0.383 e. The van der Waals surface area contributed by atoms with Gasteiger partial charge in [0.2, 0.25) is 5.91 Å². The SMILES string of the molecule is Cc1cccc2c(NCCN)cc(N3CC(=O)Nc4ccccc4C3)nc12. The number of nitrogens with zero attached hydrogens (tertiary/aromatic N) is 2. The van der Waals surface area contributed by atoms with E-state index in [1.807, 2.05) is 41.3 Å². The highest BCUT2D eigenvalue weighted by Gasteiger charge is 2.21. The number of nitrogens with one attached hydrogen (secondary N) is 2. The Morgan fingerprint density at radius 2 is 2.04 bits per heavy atom. The summed E-state index contributed by atoms with van der Waals surface area (Å²) in [6.07, 6.45) is 0. The Hall–Kier alpha value is -3.12. The van der Waals surface area contributed by atoms with E-state index in [-0.39, 0.29) is 12.5 Å². The van der Waals surface area contributed by atoms with Gasteiger partial charge in [0.1, 0.15) is 5.82 Å². The van der Waals surface area contributed by atoms with Crippen LogP contribution in [-0.2, 0) is 11.3 Å². The van der Waals surface area contributed by atoms with Crippen LogP contribution in [0, 0.1) is 6.92 Å². The van der Waals surface area contributed by atoms with Gasteiger partial charge in [-0.3, -0.25) is 4.79 Å². The number of hydrogen-bond donors (Lipinski definition) is 3. The fourth-order valence-electron chi connectivity index (χ4n) is 3.46. The Balaban J connectivity index is 1.80. The van der Waals surface area contributed by atoms with Crippen molar-refractivity contribution in [2.24, 2.45) is 5.73 Å². The average Bonchev–Trinajstić information content (AvgIpc) is 2.84. The molecule has 0 bridgehead atoms. The summed E-state index contributed by atoms with van der Waals surface area (Å²) >= 11 is 0. The van der Waals surface area contributed by atoms with Crippen molar-refractivity contribution in [2.45, 2.75) is 13.5 Å². The number of benzene rings is 2. The molecule has 0 radical (unpaired) electrons. The van der Waals surface area contributed by atoms with E-state index in [2.05, 4.69) is 29.7 Å². The number of pyridine rings is 1. The van der Waals surface area contributed by atoms with Gasteiger partial charge in [-0.1, -0.05) is 36.4 Å². The minimum atomic E-state index is -0.0388. The maximum atomic E-state index is 12.4. The molecular formula is C21H23N5O. The second-order valence-corrected chi connectivity index (χ2v) is 6.78. The lowest BCUT2D eigenvalue weighted by atomic mass is 10.1. The molecule has 1 amide bonds. The summed E-state index contributed by atoms with van der Waals surface area (Å²) in [4.78, 5) is 19.3. The van der Waals surface area contributed by atoms with Gasteiger partial charge in [-0.05, 0) is 24.1 Å². The molecule has 27 heavy (non-hydrogen) atoms. The molecule has 2 heterocycles. The van der Waals surface area contributed by atoms with Crippen LogP contribution in [0.25, 0.3) is 10.9 Å². The molecule has 4 N–H and O–H groups in total. The number of aryl methyl sites for hydroxylation is 1. The largest absolute Gasteiger partial charge is 0.383 e. The molecule has 2 aromatic carbocycles. The quantitative estimate of drug-likeness (QED) is 0.666. The van der Waals surface area contributed by atoms with Gasteiger partial charge < -0.3 is 21.3 Å². The van der Waals surface area contributed by atoms with Crippen molar-refractivity contribution in [3.05, 3.63) is 59.7 Å². The molecule has 1 aliphatic heterocycles. The Labute approximate surface area is 158 Å². The van der Waals surface area contributed by atoms with Crippen LogP contribution in [0.2, 0.25) is 0 Å². The van der Waals surface area contributed by atoms with Crippen LogP contribution in [0.5, 0.6) is 0 Å². The molecule has 0 saturated carbocycles. The van der Waals surface area contributed by atoms with Gasteiger partial charge in [-0.15, -0.1) is 0 Å². The predicted molar refractivity (Wildman–Crippen MR) is 110 cm³/mol. The van der Waals surface area contributed by atoms with Gasteiger partial charge in [0, 0.05) is 42.5 Å². The number of carbonyl (C=O) groups excluding carboxylic acids is 1. The lowest BCUT2D eigenvalue weighted by molar-refractivity contribution is -0.114. The van der Waals surface area contributed by atoms with Crippen molar-refractivity contribution >= 4 is 34.0 Å². The lowest BCUT2D eigenvalue weighted by Crippen LogP contribution is -2.30. The van der Waals surface area contributed by atoms with Crippen LogP contribution >= 0.6 is 0 Å². The van der Waals surface area contributed by atoms with Gasteiger partial charge >= 0.3 is 0 Å². The van der Waals surface area contributed by atoms with Crippen LogP contribution in [0.1, 0.15) is 11.1 Å². The number of anilines is 3. The first-order valence-corrected chi connectivity index (χ1v) is 9.13. The van der Waals surface area contributed by atoms with Crippen molar-refractivity contribution in [2.75, 3.05) is 35.2 Å². The summed E-state index contributed by atoms with van der Waals surface area (Å²) in [6, 6.07) is 16.0. The van der Waals surface area contributed by atoms with E-state index in [1.54, 1.807) is 0 Å². The van der Waals surface area contributed by atoms with E-state index in [1.165, 1.54) is 0 Å². The first-order valence-electron chi connectivity index (χ1n) is 9.13. The fourth-order valence-corrected chi connectivity index (χ4v) is 3.46. The average molecular weight is 361 g/mol. The highest BCUT2D eigenvalue weighted by atomic mass is 16.2. The van der Waals surface area contributed by atoms with E-state index in [0.717, 1.165) is 39.2 Å². The van der Waals surface area contributed by atoms with Crippen molar-refractivity contribution in [3.8, 4) is 0 Å². The van der Waals surface area contributed by atoms with E-state index >= 15 is 0 Å². The van der Waals surface area contributed by atoms with Crippen molar-refractivity contribution < 1.29 is 4.79 Å². The van der Waals surface area contributed by atoms with Gasteiger partial charge in [0.25, 0.3) is 0 Å². The number of aromatic nitrogens is 1. The van der Waals surface area contributed by atoms with Crippen molar-refractivity contribution in [3.63, 3.8) is 0 Å². The molecule has 1 aromatic heterocycles. The number of carbonyl (C=O) groups is 1. The Morgan fingerprint density at radius 3 is 2.89 bits per heavy atom. The van der Waals surface area contributed by atoms with Crippen LogP contribution < -0.4 is 21.3 Å². The molecule has 0 saturated heterocycles. The third-order valence-corrected chi connectivity index (χ3v) is 4.80. The second kappa shape index (κ2) is 7.25. The third-order valence-electron chi connectivity index (χ3n) is 4.80. The molecule has 0 unspecified atom stereocenters. The zero-order valence-electron chi connectivity index (χ0n) is 15.3. The van der Waals surface area contributed by atoms with Crippen LogP contribution in [0.4, 0.5) is 17.2 Å². The predicted octanol–water partition coefficient (Wildman–Crippen LogP) is 2.87. The molecule has 3 aromatic rings. The second-order valence-electron chi connectivity index (χ2n) is 6.78. The molecule has 0 aliphatic carbocycles. The summed E-state index contributed by atoms with van der Waals surface area (Å²) in [5, 5.41) is 7.44. The fraction of sp³-hybridized carbons (Fsp3) is 0.238. The topological polar surface area (TPSA) is 83.3 Å². The molecule has 6 heteroatoms. The molecular weight excluding hydrogens is 338 g/mol. The van der Waals surface area contributed by atoms with E-state index < -0.39 is 0 Å². The number of fused-ring (bicyclic) bond motifs is 2. The zero-order valence-corrected chi connectivity index (χ0v) is 15.3. The highest BCUT2D eigenvalue weighted by molar-refractivity contribution is 5.98. The van der Waals surface area contributed by atoms with Crippen LogP contribution in [0.15, 0.2) is 48.5 Å². The molecule has 0 fully saturated rings. The summed E-state index contributed by atoms with van der Waals surface area (Å²) in [7, 11) is 0. The van der Waals surface area contributed by atoms with Crippen LogP contribution in [0.3, 0.4) is 0 Å². The monoisotopic (exact) mass is 361 g/mol. The van der Waals surface area contributed by atoms with Gasteiger partial charge in [0.05, 0.1) is 12.1 Å². The molecule has 0 atom stereocenters. The first kappa shape index (κ1) is 17.3. The Kier molecular flexibility index (Phi) is 4.64. The summed E-state index contributed by atoms with van der Waals surface area (Å²) < 4.78 is 0. The lowest BCUT2D eigenvalue weighted by Gasteiger charge is -2.23. The Bertz CT molecular complexity index is 1000. The molecule has 1 aliphatic rings. The molecule has 0 spiro atoms. The Morgan fingerprint density at radius 1 is 1.19 bits per heavy atom. The molecule has 6 nitrogen and oxygen atoms in total. The number of amides is 1. The van der Waals surface area contributed by atoms with Gasteiger partial charge in [0.15, 0.2) is 0 Å². The normalized spacial score (nSPS) is 13.9. The minimum absolute atomic E-state index is 0.0388. The van der Waals surface area contributed by atoms with Crippen LogP contribution in [-0.4, -0.2) is 30.5 Å². The van der Waals surface area contributed by atoms with Crippen molar-refractivity contribution in [1.82, 2.24) is 4.98 Å². The number of para-hydroxylation sites is 2. The third kappa shape index (κ3) is 3.44. The maximum absolute atomic E-state index is 12.4. The number of rotatable bonds is 4. The standard InChI is InChI=1S/C21H23N5O/c1-14-5-4-7-16-18(23-10-9-22)11-19(25-21(14)16)26-12-15-6-2-3-8-17(15)24-20(27)13-26/h2-8,11H,9-10,12-13,22H2,1H3,(H,23,25)(H,24,27). The highest BCUT2D eigenvalue weighted by Crippen LogP contribution is 2.31. The van der Waals surface area contributed by atoms with Gasteiger partial charge in [-0.25, -0.2) is 4.98 Å². The van der Waals surface area contributed by atoms with E-state index in [9.17, 15) is 4.79 Å². The molecule has 138 valence electrons. The smallest absolute Gasteiger partial charge is 0.243 e. The number of hydrogen-bond acceptors (Lipinski definition) is 5. The first-order chi connectivity index (χ1) is 13.2. The number of nitrogens with two attached hydrogens (primary N) is 1. The molecule has 4 rings (SSSR count). The summed E-state index contributed by atoms with van der Waals surface area (Å²) in [5.41, 5.74) is 10.6. The zero-order chi connectivity index (χ0) is 18.8. The van der Waals surface area contributed by atoms with Gasteiger partial charge in [-0.2, -0.15) is 0 Å². The van der Waals surface area contributed by atoms with E-state index in [0.29, 0.717) is 19.6 Å². The van der Waals surface area contributed by atoms with E-state index in [4.69, 9.17) is 10.7 Å². The summed E-state index contributed by atoms with van der Waals surface area (Å²) in [5.74, 6) is 0.742. The maximum Gasteiger partial charge on any atom is 0.243 e. The van der Waals surface area contributed by atoms with Crippen molar-refractivity contribution in [1.29, 1.82) is 0 Å².